The lowest BCUT2D eigenvalue weighted by Gasteiger charge is -2.14. The summed E-state index contributed by atoms with van der Waals surface area (Å²) in [6.07, 6.45) is 2.01. The van der Waals surface area contributed by atoms with E-state index in [9.17, 15) is 9.90 Å². The second-order valence-corrected chi connectivity index (χ2v) is 4.41. The van der Waals surface area contributed by atoms with Crippen molar-refractivity contribution in [1.82, 2.24) is 0 Å². The molecule has 0 aliphatic carbocycles. The SMILES string of the molecule is CCCCOCC(O)COc1ccc(OC)cc1C=O. The normalized spacial score (nSPS) is 11.9. The van der Waals surface area contributed by atoms with Crippen LogP contribution >= 0.6 is 0 Å². The van der Waals surface area contributed by atoms with Crippen molar-refractivity contribution in [2.75, 3.05) is 26.9 Å². The number of carbonyl (C=O) groups is 1. The highest BCUT2D eigenvalue weighted by atomic mass is 16.5. The number of aliphatic hydroxyl groups is 1. The minimum Gasteiger partial charge on any atom is -0.497 e. The van der Waals surface area contributed by atoms with Crippen molar-refractivity contribution < 1.29 is 24.1 Å². The molecule has 0 aliphatic rings. The number of hydrogen-bond donors (Lipinski definition) is 1. The molecule has 5 heteroatoms. The zero-order valence-electron chi connectivity index (χ0n) is 12.0. The van der Waals surface area contributed by atoms with Gasteiger partial charge in [-0.05, 0) is 24.6 Å². The van der Waals surface area contributed by atoms with Gasteiger partial charge in [0.2, 0.25) is 0 Å². The number of carbonyl (C=O) groups excluding carboxylic acids is 1. The minimum atomic E-state index is -0.714. The van der Waals surface area contributed by atoms with Crippen molar-refractivity contribution in [1.29, 1.82) is 0 Å². The topological polar surface area (TPSA) is 65.0 Å². The number of aliphatic hydroxyl groups excluding tert-OH is 1. The van der Waals surface area contributed by atoms with Gasteiger partial charge in [-0.3, -0.25) is 4.79 Å². The fourth-order valence-corrected chi connectivity index (χ4v) is 1.58. The van der Waals surface area contributed by atoms with Gasteiger partial charge in [0.25, 0.3) is 0 Å². The molecule has 1 N–H and O–H groups in total. The minimum absolute atomic E-state index is 0.0826. The summed E-state index contributed by atoms with van der Waals surface area (Å²) in [5.74, 6) is 1.01. The summed E-state index contributed by atoms with van der Waals surface area (Å²) in [4.78, 5) is 11.0. The second kappa shape index (κ2) is 9.34. The van der Waals surface area contributed by atoms with E-state index >= 15 is 0 Å². The number of ether oxygens (including phenoxy) is 3. The van der Waals surface area contributed by atoms with Crippen LogP contribution in [0.15, 0.2) is 18.2 Å². The highest BCUT2D eigenvalue weighted by Gasteiger charge is 2.09. The molecule has 1 rings (SSSR count). The molecule has 1 unspecified atom stereocenters. The van der Waals surface area contributed by atoms with Gasteiger partial charge in [0.05, 0.1) is 19.3 Å². The number of rotatable bonds is 10. The molecule has 0 bridgehead atoms. The number of unbranched alkanes of at least 4 members (excludes halogenated alkanes) is 1. The third-order valence-electron chi connectivity index (χ3n) is 2.73. The first-order chi connectivity index (χ1) is 9.71. The van der Waals surface area contributed by atoms with E-state index in [0.717, 1.165) is 12.8 Å². The van der Waals surface area contributed by atoms with Crippen molar-refractivity contribution >= 4 is 6.29 Å². The molecule has 0 saturated heterocycles. The molecular formula is C15H22O5. The molecule has 0 saturated carbocycles. The van der Waals surface area contributed by atoms with Crippen LogP contribution in [0.1, 0.15) is 30.1 Å². The molecule has 0 spiro atoms. The maximum absolute atomic E-state index is 11.0. The van der Waals surface area contributed by atoms with Crippen molar-refractivity contribution in [3.8, 4) is 11.5 Å². The Labute approximate surface area is 119 Å². The van der Waals surface area contributed by atoms with Crippen LogP contribution in [0.25, 0.3) is 0 Å². The van der Waals surface area contributed by atoms with Gasteiger partial charge in [0.1, 0.15) is 24.2 Å². The summed E-state index contributed by atoms with van der Waals surface area (Å²) < 4.78 is 15.8. The Hall–Kier alpha value is -1.59. The van der Waals surface area contributed by atoms with E-state index in [4.69, 9.17) is 14.2 Å². The average Bonchev–Trinajstić information content (AvgIpc) is 2.49. The molecule has 1 aromatic rings. The molecule has 0 amide bonds. The fourth-order valence-electron chi connectivity index (χ4n) is 1.58. The van der Waals surface area contributed by atoms with Crippen LogP contribution in [0.4, 0.5) is 0 Å². The van der Waals surface area contributed by atoms with Crippen LogP contribution in [-0.2, 0) is 4.74 Å². The van der Waals surface area contributed by atoms with Crippen molar-refractivity contribution in [3.05, 3.63) is 23.8 Å². The third kappa shape index (κ3) is 5.59. The van der Waals surface area contributed by atoms with E-state index in [1.807, 2.05) is 0 Å². The molecule has 0 aliphatic heterocycles. The first kappa shape index (κ1) is 16.5. The lowest BCUT2D eigenvalue weighted by Crippen LogP contribution is -2.24. The quantitative estimate of drug-likeness (QED) is 0.525. The van der Waals surface area contributed by atoms with Crippen LogP contribution in [0.5, 0.6) is 11.5 Å². The molecule has 5 nitrogen and oxygen atoms in total. The molecule has 1 atom stereocenters. The lowest BCUT2D eigenvalue weighted by atomic mass is 10.2. The monoisotopic (exact) mass is 282 g/mol. The number of hydrogen-bond acceptors (Lipinski definition) is 5. The van der Waals surface area contributed by atoms with Crippen LogP contribution in [-0.4, -0.2) is 44.4 Å². The Morgan fingerprint density at radius 1 is 1.35 bits per heavy atom. The Morgan fingerprint density at radius 2 is 2.15 bits per heavy atom. The van der Waals surface area contributed by atoms with E-state index in [1.54, 1.807) is 18.2 Å². The Balaban J connectivity index is 2.42. The van der Waals surface area contributed by atoms with Gasteiger partial charge in [-0.15, -0.1) is 0 Å². The summed E-state index contributed by atoms with van der Waals surface area (Å²) in [6, 6.07) is 4.94. The Bertz CT molecular complexity index is 405. The molecule has 0 heterocycles. The zero-order valence-corrected chi connectivity index (χ0v) is 12.0. The van der Waals surface area contributed by atoms with E-state index in [2.05, 4.69) is 6.92 Å². The molecule has 1 aromatic carbocycles. The summed E-state index contributed by atoms with van der Waals surface area (Å²) in [5, 5.41) is 9.71. The van der Waals surface area contributed by atoms with Crippen LogP contribution < -0.4 is 9.47 Å². The molecule has 0 fully saturated rings. The van der Waals surface area contributed by atoms with E-state index in [-0.39, 0.29) is 13.2 Å². The second-order valence-electron chi connectivity index (χ2n) is 4.41. The number of aldehydes is 1. The standard InChI is InChI=1S/C15H22O5/c1-3-4-7-19-10-13(17)11-20-15-6-5-14(18-2)8-12(15)9-16/h5-6,8-9,13,17H,3-4,7,10-11H2,1-2H3. The Morgan fingerprint density at radius 3 is 2.80 bits per heavy atom. The predicted octanol–water partition coefficient (Wildman–Crippen LogP) is 2.06. The van der Waals surface area contributed by atoms with Gasteiger partial charge in [-0.2, -0.15) is 0 Å². The van der Waals surface area contributed by atoms with E-state index < -0.39 is 6.10 Å². The average molecular weight is 282 g/mol. The molecule has 0 radical (unpaired) electrons. The summed E-state index contributed by atoms with van der Waals surface area (Å²) in [5.41, 5.74) is 0.392. The van der Waals surface area contributed by atoms with Crippen LogP contribution in [0.3, 0.4) is 0 Å². The fraction of sp³-hybridized carbons (Fsp3) is 0.533. The first-order valence-corrected chi connectivity index (χ1v) is 6.73. The molecule has 112 valence electrons. The molecule has 0 aromatic heterocycles. The van der Waals surface area contributed by atoms with E-state index in [1.165, 1.54) is 7.11 Å². The van der Waals surface area contributed by atoms with Crippen molar-refractivity contribution in [2.24, 2.45) is 0 Å². The van der Waals surface area contributed by atoms with Gasteiger partial charge >= 0.3 is 0 Å². The van der Waals surface area contributed by atoms with Gasteiger partial charge < -0.3 is 19.3 Å². The highest BCUT2D eigenvalue weighted by Crippen LogP contribution is 2.22. The van der Waals surface area contributed by atoms with Crippen LogP contribution in [0, 0.1) is 0 Å². The summed E-state index contributed by atoms with van der Waals surface area (Å²) in [6.45, 7) is 3.02. The smallest absolute Gasteiger partial charge is 0.153 e. The van der Waals surface area contributed by atoms with Crippen LogP contribution in [0.2, 0.25) is 0 Å². The molecular weight excluding hydrogens is 260 g/mol. The van der Waals surface area contributed by atoms with Gasteiger partial charge in [-0.25, -0.2) is 0 Å². The summed E-state index contributed by atoms with van der Waals surface area (Å²) in [7, 11) is 1.53. The van der Waals surface area contributed by atoms with Gasteiger partial charge in [0.15, 0.2) is 6.29 Å². The number of benzene rings is 1. The molecule has 20 heavy (non-hydrogen) atoms. The largest absolute Gasteiger partial charge is 0.497 e. The first-order valence-electron chi connectivity index (χ1n) is 6.73. The maximum atomic E-state index is 11.0. The van der Waals surface area contributed by atoms with Crippen molar-refractivity contribution in [3.63, 3.8) is 0 Å². The summed E-state index contributed by atoms with van der Waals surface area (Å²) >= 11 is 0. The van der Waals surface area contributed by atoms with E-state index in [0.29, 0.717) is 30.0 Å². The predicted molar refractivity (Wildman–Crippen MR) is 75.6 cm³/mol. The maximum Gasteiger partial charge on any atom is 0.153 e. The van der Waals surface area contributed by atoms with Gasteiger partial charge in [-0.1, -0.05) is 13.3 Å². The van der Waals surface area contributed by atoms with Crippen molar-refractivity contribution in [2.45, 2.75) is 25.9 Å². The Kier molecular flexibility index (Phi) is 7.69. The van der Waals surface area contributed by atoms with Gasteiger partial charge in [0, 0.05) is 6.61 Å². The third-order valence-corrected chi connectivity index (χ3v) is 2.73. The lowest BCUT2D eigenvalue weighted by molar-refractivity contribution is 0.0112. The zero-order chi connectivity index (χ0) is 14.8. The number of methoxy groups -OCH3 is 1. The highest BCUT2D eigenvalue weighted by molar-refractivity contribution is 5.80.